The number of piperidine rings is 1. The number of thioether (sulfide) groups is 1. The molecule has 16 heavy (non-hydrogen) atoms. The number of carbonyl (C=O) groups excluding carboxylic acids is 1. The molecule has 4 heteroatoms. The Bertz CT molecular complexity index is 249. The Morgan fingerprint density at radius 3 is 2.88 bits per heavy atom. The maximum Gasteiger partial charge on any atom is 0.320 e. The summed E-state index contributed by atoms with van der Waals surface area (Å²) in [6, 6.07) is 0.716. The van der Waals surface area contributed by atoms with Gasteiger partial charge in [0, 0.05) is 31.9 Å². The number of hydrogen-bond donors (Lipinski definition) is 0. The van der Waals surface area contributed by atoms with E-state index in [9.17, 15) is 4.79 Å². The molecule has 2 fully saturated rings. The van der Waals surface area contributed by atoms with E-state index in [0.29, 0.717) is 12.0 Å². The van der Waals surface area contributed by atoms with Gasteiger partial charge in [-0.2, -0.15) is 11.8 Å². The summed E-state index contributed by atoms with van der Waals surface area (Å²) in [5.74, 6) is 2.99. The molecule has 2 rings (SSSR count). The lowest BCUT2D eigenvalue weighted by Crippen LogP contribution is -2.49. The molecule has 2 saturated heterocycles. The Morgan fingerprint density at radius 2 is 2.25 bits per heavy atom. The normalized spacial score (nSPS) is 30.5. The minimum Gasteiger partial charge on any atom is -0.324 e. The van der Waals surface area contributed by atoms with Crippen LogP contribution in [0.15, 0.2) is 0 Å². The van der Waals surface area contributed by atoms with Gasteiger partial charge < -0.3 is 9.80 Å². The third-order valence-electron chi connectivity index (χ3n) is 3.68. The highest BCUT2D eigenvalue weighted by Crippen LogP contribution is 2.23. The van der Waals surface area contributed by atoms with Crippen molar-refractivity contribution in [3.05, 3.63) is 0 Å². The minimum absolute atomic E-state index is 0.249. The largest absolute Gasteiger partial charge is 0.324 e. The molecule has 0 bridgehead atoms. The standard InChI is InChI=1S/C12H22N2OS/c1-10-4-3-6-14(8-10)12(15)13(2)11-5-7-16-9-11/h10-11H,3-9H2,1-2H3. The Hall–Kier alpha value is -0.380. The molecule has 0 saturated carbocycles. The molecular weight excluding hydrogens is 220 g/mol. The van der Waals surface area contributed by atoms with Crippen molar-refractivity contribution in [3.63, 3.8) is 0 Å². The molecule has 0 aromatic heterocycles. The number of amides is 2. The van der Waals surface area contributed by atoms with E-state index >= 15 is 0 Å². The average Bonchev–Trinajstić information content (AvgIpc) is 2.80. The van der Waals surface area contributed by atoms with Crippen LogP contribution >= 0.6 is 11.8 Å². The van der Waals surface area contributed by atoms with Crippen molar-refractivity contribution in [2.75, 3.05) is 31.6 Å². The first-order valence-corrected chi connectivity index (χ1v) is 7.43. The van der Waals surface area contributed by atoms with Crippen LogP contribution in [0.5, 0.6) is 0 Å². The fourth-order valence-corrected chi connectivity index (χ4v) is 3.84. The summed E-state index contributed by atoms with van der Waals surface area (Å²) in [7, 11) is 1.97. The molecule has 2 unspecified atom stereocenters. The van der Waals surface area contributed by atoms with Crippen LogP contribution in [0.25, 0.3) is 0 Å². The van der Waals surface area contributed by atoms with Gasteiger partial charge in [0.25, 0.3) is 0 Å². The number of urea groups is 1. The smallest absolute Gasteiger partial charge is 0.320 e. The maximum atomic E-state index is 12.3. The molecule has 0 aromatic carbocycles. The van der Waals surface area contributed by atoms with Gasteiger partial charge in [-0.1, -0.05) is 6.92 Å². The molecule has 0 spiro atoms. The lowest BCUT2D eigenvalue weighted by Gasteiger charge is -2.36. The number of rotatable bonds is 1. The van der Waals surface area contributed by atoms with Gasteiger partial charge in [0.15, 0.2) is 0 Å². The molecule has 0 aromatic rings. The van der Waals surface area contributed by atoms with Gasteiger partial charge in [-0.25, -0.2) is 4.79 Å². The second-order valence-corrected chi connectivity index (χ2v) is 6.25. The van der Waals surface area contributed by atoms with Crippen LogP contribution in [0.1, 0.15) is 26.2 Å². The minimum atomic E-state index is 0.249. The Kier molecular flexibility index (Phi) is 4.00. The van der Waals surface area contributed by atoms with E-state index in [1.165, 1.54) is 18.6 Å². The molecule has 92 valence electrons. The first kappa shape index (κ1) is 12.1. The molecule has 0 radical (unpaired) electrons. The lowest BCUT2D eigenvalue weighted by atomic mass is 10.0. The van der Waals surface area contributed by atoms with E-state index in [4.69, 9.17) is 0 Å². The second kappa shape index (κ2) is 5.30. The first-order valence-electron chi connectivity index (χ1n) is 6.28. The van der Waals surface area contributed by atoms with E-state index in [-0.39, 0.29) is 6.03 Å². The van der Waals surface area contributed by atoms with Gasteiger partial charge in [-0.3, -0.25) is 0 Å². The summed E-state index contributed by atoms with van der Waals surface area (Å²) in [4.78, 5) is 16.3. The van der Waals surface area contributed by atoms with Gasteiger partial charge in [-0.15, -0.1) is 0 Å². The number of likely N-dealkylation sites (tertiary alicyclic amines) is 1. The Labute approximate surface area is 103 Å². The van der Waals surface area contributed by atoms with Gasteiger partial charge in [0.2, 0.25) is 0 Å². The van der Waals surface area contributed by atoms with Crippen LogP contribution in [0.4, 0.5) is 4.79 Å². The van der Waals surface area contributed by atoms with Crippen molar-refractivity contribution >= 4 is 17.8 Å². The summed E-state index contributed by atoms with van der Waals surface area (Å²) < 4.78 is 0. The van der Waals surface area contributed by atoms with Crippen LogP contribution < -0.4 is 0 Å². The van der Waals surface area contributed by atoms with E-state index < -0.39 is 0 Å². The van der Waals surface area contributed by atoms with Crippen LogP contribution in [-0.4, -0.2) is 53.5 Å². The van der Waals surface area contributed by atoms with Crippen molar-refractivity contribution in [3.8, 4) is 0 Å². The molecule has 2 amide bonds. The van der Waals surface area contributed by atoms with Crippen molar-refractivity contribution < 1.29 is 4.79 Å². The lowest BCUT2D eigenvalue weighted by molar-refractivity contribution is 0.129. The Morgan fingerprint density at radius 1 is 1.44 bits per heavy atom. The van der Waals surface area contributed by atoms with Gasteiger partial charge in [0.05, 0.1) is 0 Å². The number of nitrogens with zero attached hydrogens (tertiary/aromatic N) is 2. The zero-order valence-corrected chi connectivity index (χ0v) is 11.1. The third-order valence-corrected chi connectivity index (χ3v) is 4.83. The van der Waals surface area contributed by atoms with Crippen molar-refractivity contribution in [1.82, 2.24) is 9.80 Å². The van der Waals surface area contributed by atoms with E-state index in [1.54, 1.807) is 0 Å². The highest BCUT2D eigenvalue weighted by Gasteiger charge is 2.29. The number of carbonyl (C=O) groups is 1. The molecule has 0 aliphatic carbocycles. The fourth-order valence-electron chi connectivity index (χ4n) is 2.57. The molecular formula is C12H22N2OS. The zero-order valence-electron chi connectivity index (χ0n) is 10.3. The monoisotopic (exact) mass is 242 g/mol. The maximum absolute atomic E-state index is 12.3. The molecule has 2 atom stereocenters. The Balaban J connectivity index is 1.89. The molecule has 3 nitrogen and oxygen atoms in total. The van der Waals surface area contributed by atoms with Gasteiger partial charge >= 0.3 is 6.03 Å². The van der Waals surface area contributed by atoms with Crippen LogP contribution in [0, 0.1) is 5.92 Å². The molecule has 2 heterocycles. The van der Waals surface area contributed by atoms with Gasteiger partial charge in [0.1, 0.15) is 0 Å². The summed E-state index contributed by atoms with van der Waals surface area (Å²) in [6.45, 7) is 4.14. The highest BCUT2D eigenvalue weighted by atomic mass is 32.2. The zero-order chi connectivity index (χ0) is 11.5. The predicted octanol–water partition coefficient (Wildman–Crippen LogP) is 2.28. The average molecular weight is 242 g/mol. The summed E-state index contributed by atoms with van der Waals surface area (Å²) in [5, 5.41) is 0. The van der Waals surface area contributed by atoms with Crippen molar-refractivity contribution in [1.29, 1.82) is 0 Å². The summed E-state index contributed by atoms with van der Waals surface area (Å²) in [6.07, 6.45) is 3.60. The summed E-state index contributed by atoms with van der Waals surface area (Å²) >= 11 is 1.96. The number of hydrogen-bond acceptors (Lipinski definition) is 2. The topological polar surface area (TPSA) is 23.6 Å². The van der Waals surface area contributed by atoms with Crippen LogP contribution in [0.2, 0.25) is 0 Å². The SMILES string of the molecule is CC1CCCN(C(=O)N(C)C2CCSC2)C1. The summed E-state index contributed by atoms with van der Waals surface area (Å²) in [5.41, 5.74) is 0. The quantitative estimate of drug-likeness (QED) is 0.704. The second-order valence-electron chi connectivity index (χ2n) is 5.10. The van der Waals surface area contributed by atoms with E-state index in [0.717, 1.165) is 25.3 Å². The van der Waals surface area contributed by atoms with Crippen LogP contribution in [-0.2, 0) is 0 Å². The molecule has 0 N–H and O–H groups in total. The highest BCUT2D eigenvalue weighted by molar-refractivity contribution is 7.99. The van der Waals surface area contributed by atoms with Gasteiger partial charge in [-0.05, 0) is 30.9 Å². The third kappa shape index (κ3) is 2.65. The van der Waals surface area contributed by atoms with Crippen molar-refractivity contribution in [2.45, 2.75) is 32.2 Å². The van der Waals surface area contributed by atoms with Crippen molar-refractivity contribution in [2.24, 2.45) is 5.92 Å². The van der Waals surface area contributed by atoms with E-state index in [1.807, 2.05) is 28.6 Å². The van der Waals surface area contributed by atoms with E-state index in [2.05, 4.69) is 6.92 Å². The fraction of sp³-hybridized carbons (Fsp3) is 0.917. The van der Waals surface area contributed by atoms with Crippen LogP contribution in [0.3, 0.4) is 0 Å². The first-order chi connectivity index (χ1) is 7.68. The predicted molar refractivity (Wildman–Crippen MR) is 68.9 cm³/mol. The molecule has 2 aliphatic heterocycles. The molecule has 2 aliphatic rings.